The molecule has 0 amide bonds. The number of carbonyl (C=O) groups is 2. The molecule has 1 aliphatic heterocycles. The molecule has 1 aromatic rings. The average Bonchev–Trinajstić information content (AvgIpc) is 2.67. The maximum Gasteiger partial charge on any atom is 0.336 e. The van der Waals surface area contributed by atoms with Crippen LogP contribution in [0.1, 0.15) is 25.3 Å². The van der Waals surface area contributed by atoms with E-state index < -0.39 is 17.9 Å². The molecule has 0 aromatic heterocycles. The fourth-order valence-electron chi connectivity index (χ4n) is 3.12. The lowest BCUT2D eigenvalue weighted by Crippen LogP contribution is -2.35. The summed E-state index contributed by atoms with van der Waals surface area (Å²) in [5.74, 6) is -1.86. The lowest BCUT2D eigenvalue weighted by Gasteiger charge is -2.31. The van der Waals surface area contributed by atoms with Crippen LogP contribution in [0.25, 0.3) is 0 Å². The van der Waals surface area contributed by atoms with Crippen LogP contribution in [0.2, 0.25) is 5.02 Å². The highest BCUT2D eigenvalue weighted by Gasteiger charge is 2.39. The van der Waals surface area contributed by atoms with Crippen molar-refractivity contribution in [3.05, 3.63) is 57.4 Å². The Morgan fingerprint density at radius 1 is 1.21 bits per heavy atom. The Bertz CT molecular complexity index is 806. The van der Waals surface area contributed by atoms with Crippen molar-refractivity contribution in [1.82, 2.24) is 5.32 Å². The van der Waals surface area contributed by atoms with Crippen molar-refractivity contribution in [2.75, 3.05) is 33.5 Å². The van der Waals surface area contributed by atoms with Crippen molar-refractivity contribution >= 4 is 23.5 Å². The molecule has 0 saturated heterocycles. The van der Waals surface area contributed by atoms with Crippen LogP contribution < -0.4 is 11.1 Å². The zero-order chi connectivity index (χ0) is 20.7. The summed E-state index contributed by atoms with van der Waals surface area (Å²) in [7, 11) is 1.29. The molecule has 0 fully saturated rings. The Kier molecular flexibility index (Phi) is 9.84. The highest BCUT2D eigenvalue weighted by Crippen LogP contribution is 2.41. The molecule has 0 radical (unpaired) electrons. The van der Waals surface area contributed by atoms with Gasteiger partial charge in [0.15, 0.2) is 0 Å². The van der Waals surface area contributed by atoms with Crippen LogP contribution in [-0.2, 0) is 23.8 Å². The molecule has 5 N–H and O–H groups in total. The first-order valence-electron chi connectivity index (χ1n) is 8.94. The van der Waals surface area contributed by atoms with Crippen molar-refractivity contribution < 1.29 is 29.3 Å². The first-order valence-corrected chi connectivity index (χ1v) is 9.32. The van der Waals surface area contributed by atoms with Crippen LogP contribution in [0.3, 0.4) is 0 Å². The average molecular weight is 427 g/mol. The van der Waals surface area contributed by atoms with E-state index in [0.29, 0.717) is 40.7 Å². The minimum Gasteiger partial charge on any atom is -0.466 e. The predicted octanol–water partition coefficient (Wildman–Crippen LogP) is 1.44. The summed E-state index contributed by atoms with van der Waals surface area (Å²) in [6.45, 7) is 4.42. The van der Waals surface area contributed by atoms with E-state index in [1.807, 2.05) is 0 Å². The third-order valence-corrected chi connectivity index (χ3v) is 4.61. The Balaban J connectivity index is 0.00000420. The van der Waals surface area contributed by atoms with Gasteiger partial charge in [0.05, 0.1) is 49.7 Å². The molecule has 0 saturated carbocycles. The van der Waals surface area contributed by atoms with E-state index in [9.17, 15) is 9.59 Å². The molecule has 0 spiro atoms. The number of benzene rings is 1. The molecule has 1 atom stereocenters. The number of nitrogens with one attached hydrogen (secondary N) is 1. The number of carbonyl (C=O) groups excluding carboxylic acids is 2. The van der Waals surface area contributed by atoms with Crippen molar-refractivity contribution in [1.29, 1.82) is 0 Å². The van der Waals surface area contributed by atoms with Gasteiger partial charge in [-0.05, 0) is 25.5 Å². The van der Waals surface area contributed by atoms with Crippen LogP contribution in [-0.4, -0.2) is 50.9 Å². The van der Waals surface area contributed by atoms with Crippen molar-refractivity contribution in [2.45, 2.75) is 19.8 Å². The quantitative estimate of drug-likeness (QED) is 0.474. The lowest BCUT2D eigenvalue weighted by molar-refractivity contribution is -0.139. The molecule has 1 aliphatic rings. The number of hydrogen-bond donors (Lipinski definition) is 2. The number of esters is 2. The fourth-order valence-corrected chi connectivity index (χ4v) is 3.36. The highest BCUT2D eigenvalue weighted by molar-refractivity contribution is 6.31. The van der Waals surface area contributed by atoms with Gasteiger partial charge in [-0.25, -0.2) is 9.59 Å². The topological polar surface area (TPSA) is 131 Å². The van der Waals surface area contributed by atoms with Crippen LogP contribution >= 0.6 is 11.6 Å². The molecule has 0 bridgehead atoms. The second-order valence-electron chi connectivity index (χ2n) is 6.06. The van der Waals surface area contributed by atoms with Crippen molar-refractivity contribution in [3.63, 3.8) is 0 Å². The van der Waals surface area contributed by atoms with Gasteiger partial charge in [0.1, 0.15) is 0 Å². The minimum atomic E-state index is -0.752. The molecule has 2 rings (SSSR count). The fraction of sp³-hybridized carbons (Fsp3) is 0.400. The van der Waals surface area contributed by atoms with Gasteiger partial charge in [-0.2, -0.15) is 0 Å². The van der Waals surface area contributed by atoms with Gasteiger partial charge in [-0.3, -0.25) is 0 Å². The summed E-state index contributed by atoms with van der Waals surface area (Å²) < 4.78 is 15.8. The van der Waals surface area contributed by atoms with E-state index in [4.69, 9.17) is 31.5 Å². The molecule has 1 unspecified atom stereocenters. The number of halogens is 1. The molecule has 8 nitrogen and oxygen atoms in total. The molecule has 1 heterocycles. The molecule has 29 heavy (non-hydrogen) atoms. The second kappa shape index (κ2) is 11.6. The third kappa shape index (κ3) is 5.57. The summed E-state index contributed by atoms with van der Waals surface area (Å²) in [5, 5.41) is 3.52. The van der Waals surface area contributed by atoms with Gasteiger partial charge in [0.2, 0.25) is 0 Å². The van der Waals surface area contributed by atoms with E-state index in [1.54, 1.807) is 38.1 Å². The Morgan fingerprint density at radius 3 is 2.48 bits per heavy atom. The zero-order valence-corrected chi connectivity index (χ0v) is 17.5. The number of rotatable bonds is 8. The first-order chi connectivity index (χ1) is 13.5. The van der Waals surface area contributed by atoms with Gasteiger partial charge in [-0.1, -0.05) is 29.8 Å². The van der Waals surface area contributed by atoms with Crippen LogP contribution in [0.15, 0.2) is 46.8 Å². The zero-order valence-electron chi connectivity index (χ0n) is 16.7. The number of methoxy groups -OCH3 is 1. The summed E-state index contributed by atoms with van der Waals surface area (Å²) in [6, 6.07) is 7.05. The van der Waals surface area contributed by atoms with E-state index in [1.165, 1.54) is 7.11 Å². The predicted molar refractivity (Wildman–Crippen MR) is 109 cm³/mol. The van der Waals surface area contributed by atoms with Crippen LogP contribution in [0.4, 0.5) is 0 Å². The van der Waals surface area contributed by atoms with Gasteiger partial charge < -0.3 is 30.7 Å². The smallest absolute Gasteiger partial charge is 0.336 e. The number of ether oxygens (including phenoxy) is 3. The monoisotopic (exact) mass is 426 g/mol. The molecular formula is C20H27ClN2O6. The summed E-state index contributed by atoms with van der Waals surface area (Å²) >= 11 is 6.42. The Labute approximate surface area is 174 Å². The number of allylic oxidation sites excluding steroid dienone is 1. The molecular weight excluding hydrogens is 400 g/mol. The second-order valence-corrected chi connectivity index (χ2v) is 6.47. The maximum absolute atomic E-state index is 12.9. The van der Waals surface area contributed by atoms with E-state index in [0.717, 1.165) is 0 Å². The minimum absolute atomic E-state index is 0. The third-order valence-electron chi connectivity index (χ3n) is 4.27. The standard InChI is InChI=1S/C20H25ClN2O5.H2O/c1-4-28-20(25)18-15(11-27-10-9-22)23-12(2)16(19(24)26-3)17(18)13-7-5-6-8-14(13)21;/h5-8,17,23H,4,9-11,22H2,1-3H3;1H2. The Hall–Kier alpha value is -2.39. The van der Waals surface area contributed by atoms with E-state index >= 15 is 0 Å². The largest absolute Gasteiger partial charge is 0.466 e. The number of nitrogens with two attached hydrogens (primary N) is 1. The number of hydrogen-bond acceptors (Lipinski definition) is 7. The Morgan fingerprint density at radius 2 is 1.90 bits per heavy atom. The van der Waals surface area contributed by atoms with E-state index in [-0.39, 0.29) is 24.3 Å². The highest BCUT2D eigenvalue weighted by atomic mass is 35.5. The van der Waals surface area contributed by atoms with Crippen LogP contribution in [0, 0.1) is 0 Å². The van der Waals surface area contributed by atoms with Crippen LogP contribution in [0.5, 0.6) is 0 Å². The van der Waals surface area contributed by atoms with Gasteiger partial charge in [-0.15, -0.1) is 0 Å². The maximum atomic E-state index is 12.9. The van der Waals surface area contributed by atoms with Gasteiger partial charge in [0, 0.05) is 17.3 Å². The lowest BCUT2D eigenvalue weighted by atomic mass is 9.80. The summed E-state index contributed by atoms with van der Waals surface area (Å²) in [4.78, 5) is 25.5. The van der Waals surface area contributed by atoms with Crippen molar-refractivity contribution in [2.24, 2.45) is 5.73 Å². The molecule has 160 valence electrons. The van der Waals surface area contributed by atoms with Gasteiger partial charge >= 0.3 is 11.9 Å². The first kappa shape index (κ1) is 24.6. The van der Waals surface area contributed by atoms with Gasteiger partial charge in [0.25, 0.3) is 0 Å². The summed E-state index contributed by atoms with van der Waals surface area (Å²) in [6.07, 6.45) is 0. The molecule has 9 heteroatoms. The molecule has 0 aliphatic carbocycles. The van der Waals surface area contributed by atoms with Crippen molar-refractivity contribution in [3.8, 4) is 0 Å². The molecule has 1 aromatic carbocycles. The summed E-state index contributed by atoms with van der Waals surface area (Å²) in [5.41, 5.74) is 7.70. The normalized spacial score (nSPS) is 16.1. The SMILES string of the molecule is CCOC(=O)C1=C(COCCN)NC(C)=C(C(=O)OC)C1c1ccccc1Cl.O. The number of dihydropyridines is 1. The van der Waals surface area contributed by atoms with E-state index in [2.05, 4.69) is 5.32 Å².